The van der Waals surface area contributed by atoms with Gasteiger partial charge in [0.15, 0.2) is 5.82 Å². The third-order valence-electron chi connectivity index (χ3n) is 5.27. The molecule has 1 aliphatic heterocycles. The van der Waals surface area contributed by atoms with E-state index in [1.807, 2.05) is 18.2 Å². The molecule has 10 heteroatoms. The Morgan fingerprint density at radius 3 is 2.94 bits per heavy atom. The van der Waals surface area contributed by atoms with Gasteiger partial charge in [-0.15, -0.1) is 0 Å². The molecule has 2 N–H and O–H groups in total. The van der Waals surface area contributed by atoms with Gasteiger partial charge in [-0.25, -0.2) is 15.0 Å². The predicted octanol–water partition coefficient (Wildman–Crippen LogP) is 2.22. The number of hydroxylamine groups is 1. The number of halogens is 1. The third-order valence-corrected chi connectivity index (χ3v) is 5.57. The maximum Gasteiger partial charge on any atom is 0.244 e. The molecule has 0 saturated heterocycles. The summed E-state index contributed by atoms with van der Waals surface area (Å²) in [6.07, 6.45) is 6.55. The Kier molecular flexibility index (Phi) is 6.87. The zero-order valence-electron chi connectivity index (χ0n) is 17.6. The van der Waals surface area contributed by atoms with E-state index >= 15 is 0 Å². The highest BCUT2D eigenvalue weighted by molar-refractivity contribution is 6.29. The van der Waals surface area contributed by atoms with Gasteiger partial charge in [-0.3, -0.25) is 14.4 Å². The van der Waals surface area contributed by atoms with Crippen molar-refractivity contribution < 1.29 is 19.2 Å². The second kappa shape index (κ2) is 9.97. The van der Waals surface area contributed by atoms with Crippen LogP contribution in [0.25, 0.3) is 10.9 Å². The van der Waals surface area contributed by atoms with Gasteiger partial charge in [-0.05, 0) is 49.1 Å². The van der Waals surface area contributed by atoms with Crippen LogP contribution in [0.15, 0.2) is 47.3 Å². The maximum absolute atomic E-state index is 12.5. The van der Waals surface area contributed by atoms with Crippen LogP contribution in [0.2, 0.25) is 0 Å². The van der Waals surface area contributed by atoms with Gasteiger partial charge in [-0.1, -0.05) is 11.6 Å². The molecule has 2 aliphatic rings. The number of anilines is 1. The van der Waals surface area contributed by atoms with Crippen LogP contribution in [0.3, 0.4) is 0 Å². The first-order chi connectivity index (χ1) is 15.5. The molecule has 2 amide bonds. The molecule has 1 unspecified atom stereocenters. The van der Waals surface area contributed by atoms with Gasteiger partial charge in [0.1, 0.15) is 12.1 Å². The number of rotatable bonds is 1. The molecule has 2 aromatic rings. The molecule has 1 aromatic heterocycles. The van der Waals surface area contributed by atoms with E-state index in [9.17, 15) is 9.59 Å². The van der Waals surface area contributed by atoms with Gasteiger partial charge in [0.05, 0.1) is 31.8 Å². The monoisotopic (exact) mass is 457 g/mol. The summed E-state index contributed by atoms with van der Waals surface area (Å²) in [4.78, 5) is 39.1. The standard InChI is InChI=1S/C22H24ClN5O4/c1-31-28-19-6-3-15(23)9-14(19)10-20(29)25-12-21(30)24-7-2-8-32-16-4-5-18-17(11-16)22(28)27-13-26-18/h4-5,9-11,13,19H,2-3,6-8,12H2,1H3,(H,24,30)(H,25,29). The molecule has 1 atom stereocenters. The van der Waals surface area contributed by atoms with Gasteiger partial charge < -0.3 is 15.4 Å². The third kappa shape index (κ3) is 5.00. The summed E-state index contributed by atoms with van der Waals surface area (Å²) >= 11 is 6.29. The van der Waals surface area contributed by atoms with Crippen LogP contribution < -0.4 is 20.4 Å². The van der Waals surface area contributed by atoms with E-state index in [0.29, 0.717) is 54.6 Å². The minimum absolute atomic E-state index is 0.118. The van der Waals surface area contributed by atoms with Crippen LogP contribution in [-0.2, 0) is 14.4 Å². The van der Waals surface area contributed by atoms with Gasteiger partial charge in [-0.2, -0.15) is 0 Å². The van der Waals surface area contributed by atoms with E-state index in [-0.39, 0.29) is 24.4 Å². The second-order valence-electron chi connectivity index (χ2n) is 7.44. The summed E-state index contributed by atoms with van der Waals surface area (Å²) in [6.45, 7) is 0.745. The summed E-state index contributed by atoms with van der Waals surface area (Å²) < 4.78 is 5.86. The zero-order chi connectivity index (χ0) is 22.5. The number of nitrogens with one attached hydrogen (secondary N) is 2. The summed E-state index contributed by atoms with van der Waals surface area (Å²) in [5.74, 6) is 0.574. The van der Waals surface area contributed by atoms with Crippen molar-refractivity contribution in [1.82, 2.24) is 20.6 Å². The van der Waals surface area contributed by atoms with E-state index in [2.05, 4.69) is 20.6 Å². The van der Waals surface area contributed by atoms with Crippen molar-refractivity contribution in [2.75, 3.05) is 31.9 Å². The van der Waals surface area contributed by atoms with Crippen molar-refractivity contribution in [1.29, 1.82) is 0 Å². The number of hydrogen-bond donors (Lipinski definition) is 2. The average Bonchev–Trinajstić information content (AvgIpc) is 2.79. The zero-order valence-corrected chi connectivity index (χ0v) is 18.4. The molecule has 1 aromatic carbocycles. The van der Waals surface area contributed by atoms with Gasteiger partial charge in [0.2, 0.25) is 11.8 Å². The van der Waals surface area contributed by atoms with Crippen LogP contribution in [0.5, 0.6) is 5.75 Å². The number of carbonyl (C=O) groups is 2. The Bertz CT molecular complexity index is 1090. The first-order valence-corrected chi connectivity index (χ1v) is 10.8. The molecule has 1 aliphatic carbocycles. The number of amides is 2. The normalized spacial score (nSPS) is 20.4. The Hall–Kier alpha value is -3.17. The number of carbonyl (C=O) groups excluding carboxylic acids is 2. The van der Waals surface area contributed by atoms with Gasteiger partial charge in [0.25, 0.3) is 0 Å². The number of nitrogens with zero attached hydrogens (tertiary/aromatic N) is 3. The number of benzene rings is 1. The number of aromatic nitrogens is 2. The fourth-order valence-electron chi connectivity index (χ4n) is 3.75. The lowest BCUT2D eigenvalue weighted by Gasteiger charge is -2.33. The number of fused-ring (bicyclic) bond motifs is 2. The quantitative estimate of drug-likeness (QED) is 0.676. The molecule has 0 saturated carbocycles. The molecule has 2 bridgehead atoms. The van der Waals surface area contributed by atoms with E-state index < -0.39 is 0 Å². The molecule has 9 nitrogen and oxygen atoms in total. The minimum Gasteiger partial charge on any atom is -0.494 e. The van der Waals surface area contributed by atoms with Crippen LogP contribution in [-0.4, -0.2) is 54.6 Å². The average molecular weight is 458 g/mol. The fraction of sp³-hybridized carbons (Fsp3) is 0.364. The number of hydrogen-bond acceptors (Lipinski definition) is 7. The van der Waals surface area contributed by atoms with Crippen molar-refractivity contribution in [3.63, 3.8) is 0 Å². The van der Waals surface area contributed by atoms with Crippen molar-refractivity contribution in [2.45, 2.75) is 25.3 Å². The lowest BCUT2D eigenvalue weighted by molar-refractivity contribution is -0.124. The lowest BCUT2D eigenvalue weighted by Crippen LogP contribution is -2.39. The van der Waals surface area contributed by atoms with Gasteiger partial charge >= 0.3 is 0 Å². The first kappa shape index (κ1) is 22.0. The summed E-state index contributed by atoms with van der Waals surface area (Å²) in [5.41, 5.74) is 1.40. The first-order valence-electron chi connectivity index (χ1n) is 10.4. The van der Waals surface area contributed by atoms with E-state index in [1.54, 1.807) is 18.2 Å². The van der Waals surface area contributed by atoms with E-state index in [1.165, 1.54) is 12.4 Å². The molecular weight excluding hydrogens is 434 g/mol. The topological polar surface area (TPSA) is 106 Å². The molecule has 168 valence electrons. The minimum atomic E-state index is -0.388. The van der Waals surface area contributed by atoms with E-state index in [0.717, 1.165) is 10.9 Å². The molecule has 4 rings (SSSR count). The SMILES string of the molecule is CON1c2ncnc3ccc(cc23)OCCCNC(=O)CNC(=O)C=C2C=C(Cl)CCC21. The van der Waals surface area contributed by atoms with E-state index in [4.69, 9.17) is 21.2 Å². The second-order valence-corrected chi connectivity index (χ2v) is 7.93. The maximum atomic E-state index is 12.5. The Morgan fingerprint density at radius 1 is 1.22 bits per heavy atom. The molecule has 0 radical (unpaired) electrons. The number of ether oxygens (including phenoxy) is 1. The summed E-state index contributed by atoms with van der Waals surface area (Å²) in [6, 6.07) is 5.26. The highest BCUT2D eigenvalue weighted by atomic mass is 35.5. The predicted molar refractivity (Wildman–Crippen MR) is 120 cm³/mol. The Labute approximate surface area is 190 Å². The van der Waals surface area contributed by atoms with Crippen molar-refractivity contribution >= 4 is 40.1 Å². The van der Waals surface area contributed by atoms with Crippen LogP contribution in [0.1, 0.15) is 19.3 Å². The smallest absolute Gasteiger partial charge is 0.244 e. The van der Waals surface area contributed by atoms with Crippen molar-refractivity contribution in [3.8, 4) is 5.75 Å². The molecule has 32 heavy (non-hydrogen) atoms. The van der Waals surface area contributed by atoms with Crippen LogP contribution in [0, 0.1) is 0 Å². The molecule has 2 heterocycles. The van der Waals surface area contributed by atoms with Gasteiger partial charge in [0, 0.05) is 23.0 Å². The lowest BCUT2D eigenvalue weighted by atomic mass is 9.94. The summed E-state index contributed by atoms with van der Waals surface area (Å²) in [7, 11) is 1.55. The fourth-order valence-corrected chi connectivity index (χ4v) is 3.99. The van der Waals surface area contributed by atoms with Crippen LogP contribution >= 0.6 is 11.6 Å². The summed E-state index contributed by atoms with van der Waals surface area (Å²) in [5, 5.41) is 8.45. The van der Waals surface area contributed by atoms with Crippen LogP contribution in [0.4, 0.5) is 5.82 Å². The van der Waals surface area contributed by atoms with Crippen molar-refractivity contribution in [3.05, 3.63) is 47.3 Å². The molecule has 0 spiro atoms. The Morgan fingerprint density at radius 2 is 2.09 bits per heavy atom. The number of allylic oxidation sites excluding steroid dienone is 1. The Balaban J connectivity index is 1.79. The largest absolute Gasteiger partial charge is 0.494 e. The van der Waals surface area contributed by atoms with Crippen molar-refractivity contribution in [2.24, 2.45) is 0 Å². The molecule has 0 fully saturated rings. The highest BCUT2D eigenvalue weighted by Gasteiger charge is 2.29. The highest BCUT2D eigenvalue weighted by Crippen LogP contribution is 2.34. The molecular formula is C22H24ClN5O4.